The Morgan fingerprint density at radius 1 is 1.20 bits per heavy atom. The molecular weight excluding hydrogens is 316 g/mol. The molecule has 1 heterocycles. The van der Waals surface area contributed by atoms with Gasteiger partial charge >= 0.3 is 0 Å². The van der Waals surface area contributed by atoms with Gasteiger partial charge in [-0.3, -0.25) is 14.6 Å². The summed E-state index contributed by atoms with van der Waals surface area (Å²) in [6.07, 6.45) is 4.16. The molecule has 0 unspecified atom stereocenters. The molecule has 0 aliphatic heterocycles. The van der Waals surface area contributed by atoms with Gasteiger partial charge in [0, 0.05) is 38.6 Å². The van der Waals surface area contributed by atoms with E-state index in [1.165, 1.54) is 11.8 Å². The minimum Gasteiger partial charge on any atom is -0.344 e. The SMILES string of the molecule is CC(=O)N(CC(=O)N(C)CCc1ccncc1)c1cccc(C#N)c1. The highest BCUT2D eigenvalue weighted by molar-refractivity contribution is 5.97. The molecule has 0 spiro atoms. The van der Waals surface area contributed by atoms with E-state index in [4.69, 9.17) is 5.26 Å². The number of amides is 2. The molecule has 25 heavy (non-hydrogen) atoms. The van der Waals surface area contributed by atoms with Crippen LogP contribution in [0.15, 0.2) is 48.8 Å². The Balaban J connectivity index is 2.02. The number of nitrogens with zero attached hydrogens (tertiary/aromatic N) is 4. The smallest absolute Gasteiger partial charge is 0.242 e. The predicted octanol–water partition coefficient (Wildman–Crippen LogP) is 2.01. The van der Waals surface area contributed by atoms with Crippen molar-refractivity contribution in [2.45, 2.75) is 13.3 Å². The average Bonchev–Trinajstić information content (AvgIpc) is 2.64. The summed E-state index contributed by atoms with van der Waals surface area (Å²) in [5.41, 5.74) is 2.09. The molecular formula is C19H20N4O2. The zero-order valence-electron chi connectivity index (χ0n) is 14.3. The summed E-state index contributed by atoms with van der Waals surface area (Å²) in [5.74, 6) is -0.405. The Morgan fingerprint density at radius 3 is 2.56 bits per heavy atom. The molecule has 0 saturated heterocycles. The molecule has 1 aromatic heterocycles. The van der Waals surface area contributed by atoms with Crippen LogP contribution < -0.4 is 4.90 Å². The van der Waals surface area contributed by atoms with Crippen molar-refractivity contribution in [2.75, 3.05) is 25.0 Å². The van der Waals surface area contributed by atoms with Crippen LogP contribution in [0, 0.1) is 11.3 Å². The maximum atomic E-state index is 12.5. The highest BCUT2D eigenvalue weighted by Gasteiger charge is 2.18. The number of hydrogen-bond acceptors (Lipinski definition) is 4. The van der Waals surface area contributed by atoms with Crippen molar-refractivity contribution in [3.63, 3.8) is 0 Å². The third-order valence-electron chi connectivity index (χ3n) is 3.87. The lowest BCUT2D eigenvalue weighted by Gasteiger charge is -2.24. The first-order valence-corrected chi connectivity index (χ1v) is 7.92. The van der Waals surface area contributed by atoms with E-state index in [1.807, 2.05) is 18.2 Å². The Bertz CT molecular complexity index is 784. The number of carbonyl (C=O) groups is 2. The van der Waals surface area contributed by atoms with Crippen molar-refractivity contribution in [2.24, 2.45) is 0 Å². The van der Waals surface area contributed by atoms with Crippen molar-refractivity contribution in [3.05, 3.63) is 59.9 Å². The highest BCUT2D eigenvalue weighted by atomic mass is 16.2. The molecule has 6 nitrogen and oxygen atoms in total. The normalized spacial score (nSPS) is 9.96. The van der Waals surface area contributed by atoms with E-state index in [-0.39, 0.29) is 18.4 Å². The van der Waals surface area contributed by atoms with Crippen molar-refractivity contribution in [3.8, 4) is 6.07 Å². The van der Waals surface area contributed by atoms with E-state index in [2.05, 4.69) is 4.98 Å². The molecule has 0 N–H and O–H groups in total. The van der Waals surface area contributed by atoms with Crippen molar-refractivity contribution in [1.82, 2.24) is 9.88 Å². The predicted molar refractivity (Wildman–Crippen MR) is 94.8 cm³/mol. The van der Waals surface area contributed by atoms with Gasteiger partial charge in [0.25, 0.3) is 0 Å². The molecule has 0 radical (unpaired) electrons. The van der Waals surface area contributed by atoms with Gasteiger partial charge in [-0.15, -0.1) is 0 Å². The van der Waals surface area contributed by atoms with Crippen LogP contribution in [0.2, 0.25) is 0 Å². The fourth-order valence-electron chi connectivity index (χ4n) is 2.35. The molecule has 2 amide bonds. The second kappa shape index (κ2) is 8.60. The van der Waals surface area contributed by atoms with Crippen LogP contribution in [0.4, 0.5) is 5.69 Å². The zero-order valence-corrected chi connectivity index (χ0v) is 14.3. The molecule has 0 aliphatic carbocycles. The van der Waals surface area contributed by atoms with E-state index in [9.17, 15) is 9.59 Å². The van der Waals surface area contributed by atoms with E-state index in [1.54, 1.807) is 48.6 Å². The summed E-state index contributed by atoms with van der Waals surface area (Å²) in [6.45, 7) is 1.90. The van der Waals surface area contributed by atoms with E-state index < -0.39 is 0 Å². The Kier molecular flexibility index (Phi) is 6.24. The van der Waals surface area contributed by atoms with Crippen LogP contribution >= 0.6 is 0 Å². The lowest BCUT2D eigenvalue weighted by Crippen LogP contribution is -2.41. The number of anilines is 1. The fourth-order valence-corrected chi connectivity index (χ4v) is 2.35. The van der Waals surface area contributed by atoms with Crippen LogP contribution in [-0.2, 0) is 16.0 Å². The van der Waals surface area contributed by atoms with E-state index in [0.29, 0.717) is 17.8 Å². The number of likely N-dealkylation sites (N-methyl/N-ethyl adjacent to an activating group) is 1. The molecule has 0 bridgehead atoms. The standard InChI is InChI=1S/C19H20N4O2/c1-15(24)23(18-5-3-4-17(12-18)13-20)14-19(25)22(2)11-8-16-6-9-21-10-7-16/h3-7,9-10,12H,8,11,14H2,1-2H3. The molecule has 0 aliphatic rings. The van der Waals surface area contributed by atoms with Crippen molar-refractivity contribution >= 4 is 17.5 Å². The molecule has 2 aromatic rings. The number of benzene rings is 1. The van der Waals surface area contributed by atoms with Gasteiger partial charge in [0.15, 0.2) is 0 Å². The summed E-state index contributed by atoms with van der Waals surface area (Å²) in [4.78, 5) is 31.4. The zero-order chi connectivity index (χ0) is 18.2. The van der Waals surface area contributed by atoms with E-state index >= 15 is 0 Å². The Morgan fingerprint density at radius 2 is 1.92 bits per heavy atom. The number of nitriles is 1. The first kappa shape index (κ1) is 18.1. The van der Waals surface area contributed by atoms with Gasteiger partial charge in [-0.2, -0.15) is 5.26 Å². The van der Waals surface area contributed by atoms with E-state index in [0.717, 1.165) is 12.0 Å². The second-order valence-corrected chi connectivity index (χ2v) is 5.69. The topological polar surface area (TPSA) is 77.3 Å². The van der Waals surface area contributed by atoms with Gasteiger partial charge in [0.1, 0.15) is 6.54 Å². The molecule has 128 valence electrons. The summed E-state index contributed by atoms with van der Waals surface area (Å²) in [5, 5.41) is 9.00. The maximum absolute atomic E-state index is 12.5. The minimum atomic E-state index is -0.244. The Hall–Kier alpha value is -3.20. The van der Waals surface area contributed by atoms with Crippen LogP contribution in [0.25, 0.3) is 0 Å². The quantitative estimate of drug-likeness (QED) is 0.808. The summed E-state index contributed by atoms with van der Waals surface area (Å²) in [7, 11) is 1.72. The van der Waals surface area contributed by atoms with Crippen LogP contribution in [0.5, 0.6) is 0 Å². The van der Waals surface area contributed by atoms with Crippen molar-refractivity contribution < 1.29 is 9.59 Å². The van der Waals surface area contributed by atoms with Gasteiger partial charge in [0.2, 0.25) is 11.8 Å². The van der Waals surface area contributed by atoms with Crippen LogP contribution in [0.1, 0.15) is 18.1 Å². The number of pyridine rings is 1. The molecule has 1 aromatic carbocycles. The van der Waals surface area contributed by atoms with Crippen molar-refractivity contribution in [1.29, 1.82) is 5.26 Å². The number of carbonyl (C=O) groups excluding carboxylic acids is 2. The molecule has 2 rings (SSSR count). The second-order valence-electron chi connectivity index (χ2n) is 5.69. The number of aromatic nitrogens is 1. The van der Waals surface area contributed by atoms with Gasteiger partial charge in [0.05, 0.1) is 11.6 Å². The summed E-state index contributed by atoms with van der Waals surface area (Å²) < 4.78 is 0. The summed E-state index contributed by atoms with van der Waals surface area (Å²) in [6, 6.07) is 12.5. The van der Waals surface area contributed by atoms with Crippen LogP contribution in [-0.4, -0.2) is 41.8 Å². The lowest BCUT2D eigenvalue weighted by molar-refractivity contribution is -0.130. The van der Waals surface area contributed by atoms with Gasteiger partial charge in [-0.25, -0.2) is 0 Å². The van der Waals surface area contributed by atoms with Gasteiger partial charge in [-0.1, -0.05) is 6.07 Å². The fraction of sp³-hybridized carbons (Fsp3) is 0.263. The number of hydrogen-bond donors (Lipinski definition) is 0. The van der Waals surface area contributed by atoms with Gasteiger partial charge in [-0.05, 0) is 42.3 Å². The van der Waals surface area contributed by atoms with Crippen LogP contribution in [0.3, 0.4) is 0 Å². The monoisotopic (exact) mass is 336 g/mol. The average molecular weight is 336 g/mol. The lowest BCUT2D eigenvalue weighted by atomic mass is 10.2. The summed E-state index contributed by atoms with van der Waals surface area (Å²) >= 11 is 0. The third-order valence-corrected chi connectivity index (χ3v) is 3.87. The molecule has 6 heteroatoms. The molecule has 0 fully saturated rings. The third kappa shape index (κ3) is 5.15. The first-order chi connectivity index (χ1) is 12.0. The van der Waals surface area contributed by atoms with Gasteiger partial charge < -0.3 is 9.80 Å². The number of rotatable bonds is 6. The highest BCUT2D eigenvalue weighted by Crippen LogP contribution is 2.16. The molecule has 0 saturated carbocycles. The Labute approximate surface area is 147 Å². The largest absolute Gasteiger partial charge is 0.344 e. The minimum absolute atomic E-state index is 0.0585. The first-order valence-electron chi connectivity index (χ1n) is 7.92. The molecule has 0 atom stereocenters. The maximum Gasteiger partial charge on any atom is 0.242 e.